The lowest BCUT2D eigenvalue weighted by Gasteiger charge is -2.13. The fourth-order valence-electron chi connectivity index (χ4n) is 1.07. The average Bonchev–Trinajstić information content (AvgIpc) is 2.11. The molecule has 0 aliphatic rings. The van der Waals surface area contributed by atoms with Gasteiger partial charge in [0.2, 0.25) is 0 Å². The predicted molar refractivity (Wildman–Crippen MR) is 58.1 cm³/mol. The van der Waals surface area contributed by atoms with E-state index >= 15 is 0 Å². The second-order valence-electron chi connectivity index (χ2n) is 2.96. The van der Waals surface area contributed by atoms with Crippen LogP contribution in [0, 0.1) is 19.3 Å². The number of hydrogen-bond acceptors (Lipinski definition) is 1. The van der Waals surface area contributed by atoms with Crippen LogP contribution in [0.2, 0.25) is 5.02 Å². The van der Waals surface area contributed by atoms with Crippen LogP contribution in [0.25, 0.3) is 0 Å². The summed E-state index contributed by atoms with van der Waals surface area (Å²) in [6, 6.07) is 5.76. The first kappa shape index (κ1) is 9.95. The Labute approximate surface area is 84.1 Å². The minimum atomic E-state index is -0.00130. The fourth-order valence-corrected chi connectivity index (χ4v) is 1.35. The highest BCUT2D eigenvalue weighted by Crippen LogP contribution is 2.25. The van der Waals surface area contributed by atoms with Crippen LogP contribution < -0.4 is 5.32 Å². The predicted octanol–water partition coefficient (Wildman–Crippen LogP) is 3.08. The average molecular weight is 194 g/mol. The Morgan fingerprint density at radius 2 is 2.23 bits per heavy atom. The van der Waals surface area contributed by atoms with Crippen LogP contribution in [0.1, 0.15) is 12.5 Å². The number of nitrogens with one attached hydrogen (secondary N) is 1. The summed E-state index contributed by atoms with van der Waals surface area (Å²) in [6.45, 7) is 3.92. The molecule has 0 bridgehead atoms. The van der Waals surface area contributed by atoms with E-state index in [4.69, 9.17) is 18.0 Å². The van der Waals surface area contributed by atoms with Gasteiger partial charge in [-0.15, -0.1) is 6.42 Å². The van der Waals surface area contributed by atoms with E-state index in [1.54, 1.807) is 0 Å². The van der Waals surface area contributed by atoms with E-state index in [1.807, 2.05) is 32.0 Å². The van der Waals surface area contributed by atoms with Gasteiger partial charge >= 0.3 is 0 Å². The minimum absolute atomic E-state index is 0.00130. The van der Waals surface area contributed by atoms with E-state index in [-0.39, 0.29) is 6.04 Å². The maximum absolute atomic E-state index is 6.00. The molecule has 0 fully saturated rings. The van der Waals surface area contributed by atoms with E-state index in [1.165, 1.54) is 0 Å². The van der Waals surface area contributed by atoms with Crippen molar-refractivity contribution in [3.63, 3.8) is 0 Å². The molecule has 0 amide bonds. The van der Waals surface area contributed by atoms with Crippen LogP contribution in [0.15, 0.2) is 18.2 Å². The quantitative estimate of drug-likeness (QED) is 0.712. The van der Waals surface area contributed by atoms with Gasteiger partial charge in [0.1, 0.15) is 0 Å². The number of rotatable bonds is 2. The second kappa shape index (κ2) is 4.20. The van der Waals surface area contributed by atoms with Crippen molar-refractivity contribution >= 4 is 17.3 Å². The van der Waals surface area contributed by atoms with Crippen LogP contribution in [-0.4, -0.2) is 6.04 Å². The highest BCUT2D eigenvalue weighted by atomic mass is 35.5. The third kappa shape index (κ3) is 2.40. The second-order valence-corrected chi connectivity index (χ2v) is 3.37. The van der Waals surface area contributed by atoms with Crippen molar-refractivity contribution in [3.05, 3.63) is 28.8 Å². The summed E-state index contributed by atoms with van der Waals surface area (Å²) in [5.74, 6) is 2.60. The fraction of sp³-hybridized carbons (Fsp3) is 0.273. The molecule has 0 aliphatic heterocycles. The smallest absolute Gasteiger partial charge is 0.0846 e. The summed E-state index contributed by atoms with van der Waals surface area (Å²) >= 11 is 6.00. The molecule has 1 aromatic carbocycles. The van der Waals surface area contributed by atoms with Gasteiger partial charge < -0.3 is 5.32 Å². The van der Waals surface area contributed by atoms with Gasteiger partial charge in [-0.1, -0.05) is 29.7 Å². The number of hydrogen-bond donors (Lipinski definition) is 1. The normalized spacial score (nSPS) is 11.8. The molecule has 0 aromatic heterocycles. The van der Waals surface area contributed by atoms with Crippen LogP contribution >= 0.6 is 11.6 Å². The molecular weight excluding hydrogens is 182 g/mol. The van der Waals surface area contributed by atoms with Gasteiger partial charge in [-0.25, -0.2) is 0 Å². The van der Waals surface area contributed by atoms with Gasteiger partial charge in [0.15, 0.2) is 0 Å². The first-order valence-electron chi connectivity index (χ1n) is 4.13. The Hall–Kier alpha value is -1.13. The van der Waals surface area contributed by atoms with Crippen molar-refractivity contribution in [2.75, 3.05) is 5.32 Å². The molecule has 68 valence electrons. The zero-order chi connectivity index (χ0) is 9.84. The van der Waals surface area contributed by atoms with E-state index in [9.17, 15) is 0 Å². The molecule has 13 heavy (non-hydrogen) atoms. The Morgan fingerprint density at radius 3 is 2.77 bits per heavy atom. The topological polar surface area (TPSA) is 12.0 Å². The standard InChI is InChI=1S/C11H12ClN/c1-4-9(3)13-11-8(2)6-5-7-10(11)12/h1,5-7,9,13H,2-3H3. The molecule has 0 heterocycles. The molecule has 1 rings (SSSR count). The molecule has 2 heteroatoms. The van der Waals surface area contributed by atoms with Crippen LogP contribution in [0.4, 0.5) is 5.69 Å². The van der Waals surface area contributed by atoms with E-state index in [0.29, 0.717) is 5.02 Å². The molecule has 1 nitrogen and oxygen atoms in total. The Morgan fingerprint density at radius 1 is 1.54 bits per heavy atom. The van der Waals surface area contributed by atoms with Gasteiger partial charge in [-0.2, -0.15) is 0 Å². The monoisotopic (exact) mass is 193 g/mol. The third-order valence-electron chi connectivity index (χ3n) is 1.83. The highest BCUT2D eigenvalue weighted by molar-refractivity contribution is 6.33. The van der Waals surface area contributed by atoms with Gasteiger partial charge in [-0.3, -0.25) is 0 Å². The van der Waals surface area contributed by atoms with Crippen LogP contribution in [0.3, 0.4) is 0 Å². The lowest BCUT2D eigenvalue weighted by atomic mass is 10.2. The molecule has 0 radical (unpaired) electrons. The molecule has 1 N–H and O–H groups in total. The maximum Gasteiger partial charge on any atom is 0.0846 e. The molecule has 0 saturated heterocycles. The Balaban J connectivity index is 2.95. The molecule has 0 saturated carbocycles. The highest BCUT2D eigenvalue weighted by Gasteiger charge is 2.04. The zero-order valence-electron chi connectivity index (χ0n) is 7.76. The summed E-state index contributed by atoms with van der Waals surface area (Å²) in [5.41, 5.74) is 2.03. The first-order chi connectivity index (χ1) is 6.15. The zero-order valence-corrected chi connectivity index (χ0v) is 8.52. The van der Waals surface area contributed by atoms with Crippen molar-refractivity contribution in [2.24, 2.45) is 0 Å². The van der Waals surface area contributed by atoms with Gasteiger partial charge in [0.25, 0.3) is 0 Å². The first-order valence-corrected chi connectivity index (χ1v) is 4.50. The van der Waals surface area contributed by atoms with Gasteiger partial charge in [-0.05, 0) is 25.5 Å². The molecule has 1 aromatic rings. The van der Waals surface area contributed by atoms with Crippen molar-refractivity contribution in [1.82, 2.24) is 0 Å². The molecule has 1 atom stereocenters. The van der Waals surface area contributed by atoms with E-state index in [0.717, 1.165) is 11.3 Å². The number of para-hydroxylation sites is 1. The maximum atomic E-state index is 6.00. The summed E-state index contributed by atoms with van der Waals surface area (Å²) in [4.78, 5) is 0. The third-order valence-corrected chi connectivity index (χ3v) is 2.15. The van der Waals surface area contributed by atoms with Gasteiger partial charge in [0, 0.05) is 0 Å². The number of halogens is 1. The van der Waals surface area contributed by atoms with Crippen molar-refractivity contribution in [3.8, 4) is 12.3 Å². The van der Waals surface area contributed by atoms with Gasteiger partial charge in [0.05, 0.1) is 16.8 Å². The lowest BCUT2D eigenvalue weighted by molar-refractivity contribution is 1.03. The number of terminal acetylenes is 1. The van der Waals surface area contributed by atoms with Crippen LogP contribution in [0.5, 0.6) is 0 Å². The molecule has 1 unspecified atom stereocenters. The van der Waals surface area contributed by atoms with Crippen LogP contribution in [-0.2, 0) is 0 Å². The SMILES string of the molecule is C#CC(C)Nc1c(C)cccc1Cl. The summed E-state index contributed by atoms with van der Waals surface area (Å²) in [5, 5.41) is 3.87. The largest absolute Gasteiger partial charge is 0.370 e. The lowest BCUT2D eigenvalue weighted by Crippen LogP contribution is -2.13. The van der Waals surface area contributed by atoms with Crippen molar-refractivity contribution in [2.45, 2.75) is 19.9 Å². The molecular formula is C11H12ClN. The number of anilines is 1. The van der Waals surface area contributed by atoms with Crippen molar-refractivity contribution in [1.29, 1.82) is 0 Å². The number of aryl methyl sites for hydroxylation is 1. The molecule has 0 spiro atoms. The number of benzene rings is 1. The van der Waals surface area contributed by atoms with E-state index < -0.39 is 0 Å². The molecule has 0 aliphatic carbocycles. The Bertz CT molecular complexity index is 318. The summed E-state index contributed by atoms with van der Waals surface area (Å²) in [7, 11) is 0. The van der Waals surface area contributed by atoms with Crippen molar-refractivity contribution < 1.29 is 0 Å². The summed E-state index contributed by atoms with van der Waals surface area (Å²) < 4.78 is 0. The van der Waals surface area contributed by atoms with E-state index in [2.05, 4.69) is 11.2 Å². The summed E-state index contributed by atoms with van der Waals surface area (Å²) in [6.07, 6.45) is 5.26. The minimum Gasteiger partial charge on any atom is -0.370 e. The Kier molecular flexibility index (Phi) is 3.22.